The quantitative estimate of drug-likeness (QED) is 0.553. The van der Waals surface area contributed by atoms with Gasteiger partial charge in [0.25, 0.3) is 10.0 Å². The van der Waals surface area contributed by atoms with Crippen LogP contribution in [0.25, 0.3) is 0 Å². The SMILES string of the molecule is CCN(CC)CCCc1cc(F)ccc1S(=O)(=O)Nc1cc2c(cc1C(=O)O)CC=CO2. The molecule has 0 fully saturated rings. The minimum Gasteiger partial charge on any atom is -0.478 e. The number of sulfonamides is 1. The molecule has 0 atom stereocenters. The lowest BCUT2D eigenvalue weighted by Gasteiger charge is -2.19. The second-order valence-electron chi connectivity index (χ2n) is 7.49. The number of aromatic carboxylic acids is 1. The number of hydrogen-bond acceptors (Lipinski definition) is 5. The van der Waals surface area contributed by atoms with Crippen LogP contribution in [0.2, 0.25) is 0 Å². The van der Waals surface area contributed by atoms with E-state index in [1.54, 1.807) is 6.08 Å². The molecule has 2 aromatic carbocycles. The van der Waals surface area contributed by atoms with Gasteiger partial charge < -0.3 is 14.7 Å². The highest BCUT2D eigenvalue weighted by Crippen LogP contribution is 2.32. The largest absolute Gasteiger partial charge is 0.478 e. The van der Waals surface area contributed by atoms with E-state index in [2.05, 4.69) is 9.62 Å². The summed E-state index contributed by atoms with van der Waals surface area (Å²) in [5, 5.41) is 9.59. The first-order chi connectivity index (χ1) is 15.2. The number of fused-ring (bicyclic) bond motifs is 1. The molecule has 3 rings (SSSR count). The van der Waals surface area contributed by atoms with Gasteiger partial charge in [0.05, 0.1) is 22.4 Å². The van der Waals surface area contributed by atoms with E-state index in [1.165, 1.54) is 30.5 Å². The number of allylic oxidation sites excluding steroid dienone is 1. The molecule has 7 nitrogen and oxygen atoms in total. The van der Waals surface area contributed by atoms with Crippen molar-refractivity contribution in [2.45, 2.75) is 38.0 Å². The smallest absolute Gasteiger partial charge is 0.337 e. The number of nitrogens with zero attached hydrogens (tertiary/aromatic N) is 1. The van der Waals surface area contributed by atoms with E-state index in [0.717, 1.165) is 25.7 Å². The third-order valence-electron chi connectivity index (χ3n) is 5.43. The highest BCUT2D eigenvalue weighted by atomic mass is 32.2. The maximum absolute atomic E-state index is 13.9. The lowest BCUT2D eigenvalue weighted by Crippen LogP contribution is -2.24. The Morgan fingerprint density at radius 3 is 2.66 bits per heavy atom. The van der Waals surface area contributed by atoms with Crippen molar-refractivity contribution in [3.8, 4) is 5.75 Å². The van der Waals surface area contributed by atoms with Crippen LogP contribution in [-0.2, 0) is 22.9 Å². The highest BCUT2D eigenvalue weighted by Gasteiger charge is 2.24. The Hall–Kier alpha value is -2.91. The number of aryl methyl sites for hydroxylation is 1. The summed E-state index contributed by atoms with van der Waals surface area (Å²) < 4.78 is 48.1. The van der Waals surface area contributed by atoms with Crippen LogP contribution >= 0.6 is 0 Å². The minimum atomic E-state index is -4.17. The zero-order valence-electron chi connectivity index (χ0n) is 18.1. The number of halogens is 1. The van der Waals surface area contributed by atoms with Crippen molar-refractivity contribution in [1.29, 1.82) is 0 Å². The van der Waals surface area contributed by atoms with Crippen LogP contribution in [0.3, 0.4) is 0 Å². The maximum Gasteiger partial charge on any atom is 0.337 e. The molecular weight excluding hydrogens is 435 g/mol. The Morgan fingerprint density at radius 1 is 1.22 bits per heavy atom. The second kappa shape index (κ2) is 10.1. The average molecular weight is 463 g/mol. The first-order valence-electron chi connectivity index (χ1n) is 10.5. The topological polar surface area (TPSA) is 95.9 Å². The minimum absolute atomic E-state index is 0.0756. The number of ether oxygens (including phenoxy) is 1. The summed E-state index contributed by atoms with van der Waals surface area (Å²) in [5.41, 5.74) is 0.701. The number of rotatable bonds is 10. The predicted octanol–water partition coefficient (Wildman–Crippen LogP) is 4.05. The Morgan fingerprint density at radius 2 is 1.97 bits per heavy atom. The van der Waals surface area contributed by atoms with E-state index in [9.17, 15) is 22.7 Å². The van der Waals surface area contributed by atoms with Crippen LogP contribution in [0.5, 0.6) is 5.75 Å². The van der Waals surface area contributed by atoms with Crippen LogP contribution in [0.1, 0.15) is 41.8 Å². The van der Waals surface area contributed by atoms with Gasteiger partial charge in [0.2, 0.25) is 0 Å². The molecule has 0 aromatic heterocycles. The lowest BCUT2D eigenvalue weighted by atomic mass is 10.0. The number of hydrogen-bond donors (Lipinski definition) is 2. The summed E-state index contributed by atoms with van der Waals surface area (Å²) in [5.74, 6) is -1.41. The van der Waals surface area contributed by atoms with Crippen molar-refractivity contribution in [3.05, 3.63) is 65.2 Å². The normalized spacial score (nSPS) is 13.0. The Kier molecular flexibility index (Phi) is 7.52. The van der Waals surface area contributed by atoms with E-state index in [0.29, 0.717) is 36.1 Å². The summed E-state index contributed by atoms with van der Waals surface area (Å²) in [6.45, 7) is 6.60. The Labute approximate surface area is 187 Å². The van der Waals surface area contributed by atoms with Crippen molar-refractivity contribution in [2.24, 2.45) is 0 Å². The summed E-state index contributed by atoms with van der Waals surface area (Å²) in [6.07, 6.45) is 4.72. The molecule has 2 aromatic rings. The van der Waals surface area contributed by atoms with Crippen molar-refractivity contribution < 1.29 is 27.4 Å². The molecule has 0 aliphatic carbocycles. The molecule has 0 saturated carbocycles. The fraction of sp³-hybridized carbons (Fsp3) is 0.348. The molecule has 32 heavy (non-hydrogen) atoms. The van der Waals surface area contributed by atoms with E-state index in [1.807, 2.05) is 13.8 Å². The molecular formula is C23H27FN2O5S. The molecule has 0 spiro atoms. The summed E-state index contributed by atoms with van der Waals surface area (Å²) in [4.78, 5) is 13.9. The van der Waals surface area contributed by atoms with Gasteiger partial charge in [-0.3, -0.25) is 4.72 Å². The molecule has 0 amide bonds. The van der Waals surface area contributed by atoms with Crippen molar-refractivity contribution in [1.82, 2.24) is 4.90 Å². The van der Waals surface area contributed by atoms with Gasteiger partial charge in [0.1, 0.15) is 11.6 Å². The maximum atomic E-state index is 13.9. The molecule has 0 bridgehead atoms. The first-order valence-corrected chi connectivity index (χ1v) is 12.0. The number of carbonyl (C=O) groups is 1. The molecule has 1 heterocycles. The zero-order chi connectivity index (χ0) is 23.3. The highest BCUT2D eigenvalue weighted by molar-refractivity contribution is 7.92. The average Bonchev–Trinajstić information content (AvgIpc) is 2.75. The van der Waals surface area contributed by atoms with E-state index in [-0.39, 0.29) is 16.1 Å². The predicted molar refractivity (Wildman–Crippen MR) is 120 cm³/mol. The molecule has 9 heteroatoms. The van der Waals surface area contributed by atoms with Gasteiger partial charge in [-0.1, -0.05) is 13.8 Å². The van der Waals surface area contributed by atoms with Crippen LogP contribution in [0, 0.1) is 5.82 Å². The van der Waals surface area contributed by atoms with Gasteiger partial charge >= 0.3 is 5.97 Å². The van der Waals surface area contributed by atoms with Crippen molar-refractivity contribution in [3.63, 3.8) is 0 Å². The number of anilines is 1. The van der Waals surface area contributed by atoms with Crippen LogP contribution in [0.4, 0.5) is 10.1 Å². The third kappa shape index (κ3) is 5.46. The van der Waals surface area contributed by atoms with Gasteiger partial charge in [0.15, 0.2) is 0 Å². The Bertz CT molecular complexity index is 1130. The molecule has 1 aliphatic rings. The van der Waals surface area contributed by atoms with Gasteiger partial charge in [0, 0.05) is 6.07 Å². The molecule has 1 aliphatic heterocycles. The molecule has 172 valence electrons. The van der Waals surface area contributed by atoms with Crippen molar-refractivity contribution in [2.75, 3.05) is 24.4 Å². The van der Waals surface area contributed by atoms with Crippen LogP contribution in [0.15, 0.2) is 47.6 Å². The standard InChI is InChI=1S/C23H27FN2O5S/c1-3-26(4-2)11-5-7-17-13-18(24)9-10-22(17)32(29,30)25-20-15-21-16(8-6-12-31-21)14-19(20)23(27)28/h6,9-10,12-15,25H,3-5,7-8,11H2,1-2H3,(H,27,28). The fourth-order valence-corrected chi connectivity index (χ4v) is 5.01. The zero-order valence-corrected chi connectivity index (χ0v) is 18.9. The van der Waals surface area contributed by atoms with Gasteiger partial charge in [-0.15, -0.1) is 0 Å². The number of carboxylic acids is 1. The van der Waals surface area contributed by atoms with Crippen molar-refractivity contribution >= 4 is 21.7 Å². The molecule has 2 N–H and O–H groups in total. The monoisotopic (exact) mass is 462 g/mol. The second-order valence-corrected chi connectivity index (χ2v) is 9.14. The van der Waals surface area contributed by atoms with Gasteiger partial charge in [-0.2, -0.15) is 0 Å². The van der Waals surface area contributed by atoms with E-state index < -0.39 is 21.8 Å². The molecule has 0 saturated heterocycles. The number of benzene rings is 2. The number of nitrogens with one attached hydrogen (secondary N) is 1. The Balaban J connectivity index is 1.91. The fourth-order valence-electron chi connectivity index (χ4n) is 3.69. The van der Waals surface area contributed by atoms with E-state index in [4.69, 9.17) is 4.74 Å². The first kappa shape index (κ1) is 23.7. The van der Waals surface area contributed by atoms with E-state index >= 15 is 0 Å². The van der Waals surface area contributed by atoms with Crippen LogP contribution in [-0.4, -0.2) is 44.0 Å². The third-order valence-corrected chi connectivity index (χ3v) is 6.90. The van der Waals surface area contributed by atoms with Gasteiger partial charge in [-0.05, 0) is 80.4 Å². The molecule has 0 radical (unpaired) electrons. The van der Waals surface area contributed by atoms with Gasteiger partial charge in [-0.25, -0.2) is 17.6 Å². The summed E-state index contributed by atoms with van der Waals surface area (Å²) in [6, 6.07) is 6.28. The summed E-state index contributed by atoms with van der Waals surface area (Å²) in [7, 11) is -4.17. The number of carboxylic acid groups (broad SMARTS) is 1. The summed E-state index contributed by atoms with van der Waals surface area (Å²) >= 11 is 0. The lowest BCUT2D eigenvalue weighted by molar-refractivity contribution is 0.0698. The van der Waals surface area contributed by atoms with Crippen LogP contribution < -0.4 is 9.46 Å². The molecule has 0 unspecified atom stereocenters.